The van der Waals surface area contributed by atoms with Crippen molar-refractivity contribution in [3.63, 3.8) is 0 Å². The maximum absolute atomic E-state index is 11.4. The summed E-state index contributed by atoms with van der Waals surface area (Å²) >= 11 is 0. The van der Waals surface area contributed by atoms with Crippen LogP contribution in [0.1, 0.15) is 80.6 Å². The molecule has 0 rings (SSSR count). The quantitative estimate of drug-likeness (QED) is 0.295. The summed E-state index contributed by atoms with van der Waals surface area (Å²) in [5.41, 5.74) is 1.04. The topological polar surface area (TPSA) is 74.6 Å². The fraction of sp³-hybridized carbons (Fsp3) is 0.739. The Morgan fingerprint density at radius 1 is 0.889 bits per heavy atom. The van der Waals surface area contributed by atoms with Gasteiger partial charge < -0.3 is 10.2 Å². The Kier molecular flexibility index (Phi) is 12.0. The lowest BCUT2D eigenvalue weighted by Gasteiger charge is -2.21. The molecule has 0 fully saturated rings. The van der Waals surface area contributed by atoms with Gasteiger partial charge in [-0.2, -0.15) is 0 Å². The minimum Gasteiger partial charge on any atom is -0.481 e. The molecule has 0 saturated carbocycles. The van der Waals surface area contributed by atoms with E-state index in [1.54, 1.807) is 6.08 Å². The van der Waals surface area contributed by atoms with Crippen LogP contribution in [0.2, 0.25) is 0 Å². The van der Waals surface area contributed by atoms with E-state index in [2.05, 4.69) is 40.7 Å². The van der Waals surface area contributed by atoms with Crippen molar-refractivity contribution in [3.05, 3.63) is 23.3 Å². The molecule has 2 N–H and O–H groups in total. The van der Waals surface area contributed by atoms with Crippen LogP contribution in [-0.4, -0.2) is 22.2 Å². The van der Waals surface area contributed by atoms with E-state index in [1.807, 2.05) is 6.92 Å². The Morgan fingerprint density at radius 3 is 1.89 bits per heavy atom. The minimum atomic E-state index is -1.05. The summed E-state index contributed by atoms with van der Waals surface area (Å²) in [5.74, 6) is -0.238. The van der Waals surface area contributed by atoms with Crippen LogP contribution >= 0.6 is 0 Å². The second-order valence-electron chi connectivity index (χ2n) is 8.74. The first kappa shape index (κ1) is 25.4. The number of carboxylic acid groups (broad SMARTS) is 2. The lowest BCUT2D eigenvalue weighted by Crippen LogP contribution is -2.14. The molecule has 0 aliphatic rings. The third-order valence-corrected chi connectivity index (χ3v) is 5.25. The first-order valence-electron chi connectivity index (χ1n) is 10.3. The molecule has 0 spiro atoms. The molecule has 27 heavy (non-hydrogen) atoms. The summed E-state index contributed by atoms with van der Waals surface area (Å²) < 4.78 is 0. The van der Waals surface area contributed by atoms with Gasteiger partial charge >= 0.3 is 11.9 Å². The fourth-order valence-corrected chi connectivity index (χ4v) is 3.83. The number of allylic oxidation sites excluding steroid dienone is 3. The molecule has 0 radical (unpaired) electrons. The van der Waals surface area contributed by atoms with Gasteiger partial charge in [-0.05, 0) is 62.4 Å². The molecule has 5 unspecified atom stereocenters. The summed E-state index contributed by atoms with van der Waals surface area (Å²) in [7, 11) is 0. The fourth-order valence-electron chi connectivity index (χ4n) is 3.83. The van der Waals surface area contributed by atoms with Crippen molar-refractivity contribution in [1.29, 1.82) is 0 Å². The summed E-state index contributed by atoms with van der Waals surface area (Å²) in [6.45, 7) is 14.8. The van der Waals surface area contributed by atoms with Crippen LogP contribution < -0.4 is 0 Å². The first-order valence-corrected chi connectivity index (χ1v) is 10.3. The van der Waals surface area contributed by atoms with E-state index in [9.17, 15) is 14.7 Å². The van der Waals surface area contributed by atoms with Gasteiger partial charge in [0.1, 0.15) is 0 Å². The van der Waals surface area contributed by atoms with E-state index in [-0.39, 0.29) is 12.0 Å². The Balaban J connectivity index is 4.81. The highest BCUT2D eigenvalue weighted by molar-refractivity contribution is 5.88. The Labute approximate surface area is 165 Å². The zero-order valence-corrected chi connectivity index (χ0v) is 18.3. The number of carbonyl (C=O) groups is 2. The van der Waals surface area contributed by atoms with Gasteiger partial charge in [0.05, 0.1) is 5.92 Å². The number of rotatable bonds is 13. The number of hydrogen-bond donors (Lipinski definition) is 2. The summed E-state index contributed by atoms with van der Waals surface area (Å²) in [4.78, 5) is 22.4. The van der Waals surface area contributed by atoms with Crippen molar-refractivity contribution in [3.8, 4) is 0 Å². The molecule has 0 aromatic rings. The molecule has 156 valence electrons. The first-order chi connectivity index (χ1) is 12.5. The molecule has 0 aliphatic heterocycles. The van der Waals surface area contributed by atoms with Crippen molar-refractivity contribution >= 4 is 11.9 Å². The van der Waals surface area contributed by atoms with Crippen LogP contribution in [0.4, 0.5) is 0 Å². The van der Waals surface area contributed by atoms with Crippen molar-refractivity contribution < 1.29 is 19.8 Å². The van der Waals surface area contributed by atoms with Crippen molar-refractivity contribution in [2.75, 3.05) is 0 Å². The Bertz CT molecular complexity index is 532. The lowest BCUT2D eigenvalue weighted by molar-refractivity contribution is -0.141. The number of carboxylic acids is 2. The highest BCUT2D eigenvalue weighted by Crippen LogP contribution is 2.26. The minimum absolute atomic E-state index is 0.0355. The average molecular weight is 381 g/mol. The zero-order valence-electron chi connectivity index (χ0n) is 18.3. The van der Waals surface area contributed by atoms with Crippen molar-refractivity contribution in [2.45, 2.75) is 80.6 Å². The maximum Gasteiger partial charge on any atom is 0.331 e. The SMILES string of the molecule is CCC(C)CC(C)CC(C)CC(C)C=C(C)C=C(CC(C)C(=O)O)C(=O)O. The molecule has 0 aliphatic carbocycles. The van der Waals surface area contributed by atoms with E-state index >= 15 is 0 Å². The van der Waals surface area contributed by atoms with E-state index in [4.69, 9.17) is 5.11 Å². The van der Waals surface area contributed by atoms with Crippen LogP contribution in [0.25, 0.3) is 0 Å². The highest BCUT2D eigenvalue weighted by Gasteiger charge is 2.18. The van der Waals surface area contributed by atoms with Crippen LogP contribution in [0.15, 0.2) is 23.3 Å². The second-order valence-corrected chi connectivity index (χ2v) is 8.74. The number of hydrogen-bond acceptors (Lipinski definition) is 2. The van der Waals surface area contributed by atoms with E-state index in [0.29, 0.717) is 11.8 Å². The summed E-state index contributed by atoms with van der Waals surface area (Å²) in [5, 5.41) is 18.3. The predicted molar refractivity (Wildman–Crippen MR) is 112 cm³/mol. The molecule has 0 saturated heterocycles. The molecular formula is C23H40O4. The van der Waals surface area contributed by atoms with Gasteiger partial charge in [-0.25, -0.2) is 4.79 Å². The largest absolute Gasteiger partial charge is 0.481 e. The van der Waals surface area contributed by atoms with Crippen LogP contribution in [0, 0.1) is 29.6 Å². The Hall–Kier alpha value is -1.58. The van der Waals surface area contributed by atoms with Gasteiger partial charge in [-0.3, -0.25) is 4.79 Å². The normalized spacial score (nSPS) is 18.5. The lowest BCUT2D eigenvalue weighted by atomic mass is 9.84. The third-order valence-electron chi connectivity index (χ3n) is 5.25. The number of aliphatic carboxylic acids is 2. The molecule has 0 bridgehead atoms. The van der Waals surface area contributed by atoms with E-state index in [1.165, 1.54) is 26.2 Å². The molecule has 0 heterocycles. The van der Waals surface area contributed by atoms with E-state index in [0.717, 1.165) is 23.8 Å². The van der Waals surface area contributed by atoms with Gasteiger partial charge in [-0.15, -0.1) is 0 Å². The van der Waals surface area contributed by atoms with Crippen LogP contribution in [0.3, 0.4) is 0 Å². The van der Waals surface area contributed by atoms with Gasteiger partial charge in [0, 0.05) is 5.57 Å². The third kappa shape index (κ3) is 11.7. The van der Waals surface area contributed by atoms with Gasteiger partial charge in [0.2, 0.25) is 0 Å². The second kappa shape index (κ2) is 12.7. The maximum atomic E-state index is 11.4. The monoisotopic (exact) mass is 380 g/mol. The molecule has 0 aromatic heterocycles. The van der Waals surface area contributed by atoms with Gasteiger partial charge in [0.15, 0.2) is 0 Å². The van der Waals surface area contributed by atoms with Crippen LogP contribution in [0.5, 0.6) is 0 Å². The molecular weight excluding hydrogens is 340 g/mol. The molecule has 0 aromatic carbocycles. The van der Waals surface area contributed by atoms with E-state index < -0.39 is 17.9 Å². The van der Waals surface area contributed by atoms with Crippen molar-refractivity contribution in [2.24, 2.45) is 29.6 Å². The zero-order chi connectivity index (χ0) is 21.1. The molecule has 4 heteroatoms. The smallest absolute Gasteiger partial charge is 0.331 e. The van der Waals surface area contributed by atoms with Gasteiger partial charge in [-0.1, -0.05) is 59.6 Å². The standard InChI is InChI=1S/C23H40O4/c1-8-15(2)9-16(3)10-17(4)11-18(5)12-19(6)13-21(23(26)27)14-20(7)22(24)25/h12-13,15-18,20H,8-11,14H2,1-7H3,(H,24,25)(H,26,27). The summed E-state index contributed by atoms with van der Waals surface area (Å²) in [6.07, 6.45) is 8.55. The molecule has 4 nitrogen and oxygen atoms in total. The summed E-state index contributed by atoms with van der Waals surface area (Å²) in [6, 6.07) is 0. The highest BCUT2D eigenvalue weighted by atomic mass is 16.4. The molecule has 0 amide bonds. The predicted octanol–water partition coefficient (Wildman–Crippen LogP) is 6.18. The van der Waals surface area contributed by atoms with Crippen LogP contribution in [-0.2, 0) is 9.59 Å². The Morgan fingerprint density at radius 2 is 1.41 bits per heavy atom. The molecule has 5 atom stereocenters. The van der Waals surface area contributed by atoms with Gasteiger partial charge in [0.25, 0.3) is 0 Å². The van der Waals surface area contributed by atoms with Crippen molar-refractivity contribution in [1.82, 2.24) is 0 Å². The average Bonchev–Trinajstić information content (AvgIpc) is 2.52.